The second kappa shape index (κ2) is 4.19. The molecule has 1 aromatic heterocycles. The van der Waals surface area contributed by atoms with E-state index in [4.69, 9.17) is 4.74 Å². The van der Waals surface area contributed by atoms with E-state index in [0.29, 0.717) is 6.61 Å². The van der Waals surface area contributed by atoms with Crippen LogP contribution in [-0.4, -0.2) is 11.6 Å². The predicted molar refractivity (Wildman–Crippen MR) is 65.3 cm³/mol. The molecule has 0 saturated carbocycles. The summed E-state index contributed by atoms with van der Waals surface area (Å²) in [6.45, 7) is 4.65. The highest BCUT2D eigenvalue weighted by atomic mass is 79.9. The van der Waals surface area contributed by atoms with Gasteiger partial charge < -0.3 is 4.74 Å². The third-order valence-electron chi connectivity index (χ3n) is 2.17. The standard InChI is InChI=1S/C12H12BrNO/c1-3-15-9-4-5-12-10(7-9)11(13)6-8(2)14-12/h4-7H,3H2,1-2H3. The molecule has 0 spiro atoms. The number of aryl methyl sites for hydroxylation is 1. The molecule has 15 heavy (non-hydrogen) atoms. The number of fused-ring (bicyclic) bond motifs is 1. The Morgan fingerprint density at radius 1 is 1.33 bits per heavy atom. The molecule has 0 amide bonds. The maximum atomic E-state index is 5.45. The lowest BCUT2D eigenvalue weighted by molar-refractivity contribution is 0.340. The highest BCUT2D eigenvalue weighted by Gasteiger charge is 2.03. The van der Waals surface area contributed by atoms with Gasteiger partial charge in [-0.15, -0.1) is 0 Å². The first-order valence-corrected chi connectivity index (χ1v) is 5.69. The lowest BCUT2D eigenvalue weighted by atomic mass is 10.2. The number of rotatable bonds is 2. The summed E-state index contributed by atoms with van der Waals surface area (Å²) in [6, 6.07) is 7.95. The van der Waals surface area contributed by atoms with E-state index in [0.717, 1.165) is 26.8 Å². The zero-order chi connectivity index (χ0) is 10.8. The van der Waals surface area contributed by atoms with Crippen molar-refractivity contribution in [3.8, 4) is 5.75 Å². The SMILES string of the molecule is CCOc1ccc2nc(C)cc(Br)c2c1. The molecule has 1 heterocycles. The largest absolute Gasteiger partial charge is 0.494 e. The number of hydrogen-bond acceptors (Lipinski definition) is 2. The minimum absolute atomic E-state index is 0.683. The first kappa shape index (κ1) is 10.4. The van der Waals surface area contributed by atoms with Crippen LogP contribution >= 0.6 is 15.9 Å². The van der Waals surface area contributed by atoms with Crippen LogP contribution in [0.1, 0.15) is 12.6 Å². The lowest BCUT2D eigenvalue weighted by Crippen LogP contribution is -1.92. The van der Waals surface area contributed by atoms with Gasteiger partial charge in [-0.2, -0.15) is 0 Å². The van der Waals surface area contributed by atoms with E-state index in [1.54, 1.807) is 0 Å². The van der Waals surface area contributed by atoms with E-state index in [1.165, 1.54) is 0 Å². The van der Waals surface area contributed by atoms with E-state index in [9.17, 15) is 0 Å². The van der Waals surface area contributed by atoms with Gasteiger partial charge in [-0.25, -0.2) is 0 Å². The van der Waals surface area contributed by atoms with E-state index in [1.807, 2.05) is 38.1 Å². The Kier molecular flexibility index (Phi) is 2.91. The van der Waals surface area contributed by atoms with E-state index in [-0.39, 0.29) is 0 Å². The van der Waals surface area contributed by atoms with E-state index >= 15 is 0 Å². The van der Waals surface area contributed by atoms with Crippen LogP contribution in [0.3, 0.4) is 0 Å². The van der Waals surface area contributed by atoms with Crippen LogP contribution in [-0.2, 0) is 0 Å². The number of halogens is 1. The van der Waals surface area contributed by atoms with Gasteiger partial charge in [-0.3, -0.25) is 4.98 Å². The van der Waals surface area contributed by atoms with Gasteiger partial charge >= 0.3 is 0 Å². The summed E-state index contributed by atoms with van der Waals surface area (Å²) in [4.78, 5) is 4.45. The fourth-order valence-corrected chi connectivity index (χ4v) is 2.19. The Balaban J connectivity index is 2.60. The summed E-state index contributed by atoms with van der Waals surface area (Å²) in [5.74, 6) is 0.886. The minimum Gasteiger partial charge on any atom is -0.494 e. The molecule has 0 bridgehead atoms. The van der Waals surface area contributed by atoms with Crippen molar-refractivity contribution in [3.05, 3.63) is 34.4 Å². The molecular weight excluding hydrogens is 254 g/mol. The molecule has 3 heteroatoms. The summed E-state index contributed by atoms with van der Waals surface area (Å²) in [7, 11) is 0. The van der Waals surface area contributed by atoms with Gasteiger partial charge in [-0.1, -0.05) is 15.9 Å². The van der Waals surface area contributed by atoms with Crippen LogP contribution in [0.5, 0.6) is 5.75 Å². The Morgan fingerprint density at radius 2 is 2.13 bits per heavy atom. The number of ether oxygens (including phenoxy) is 1. The van der Waals surface area contributed by atoms with Crippen LogP contribution < -0.4 is 4.74 Å². The average Bonchev–Trinajstić information content (AvgIpc) is 2.19. The number of benzene rings is 1. The van der Waals surface area contributed by atoms with Crippen LogP contribution in [0, 0.1) is 6.92 Å². The highest BCUT2D eigenvalue weighted by Crippen LogP contribution is 2.27. The average molecular weight is 266 g/mol. The molecule has 0 radical (unpaired) electrons. The molecular formula is C12H12BrNO. The van der Waals surface area contributed by atoms with Gasteiger partial charge in [0.05, 0.1) is 12.1 Å². The van der Waals surface area contributed by atoms with Crippen molar-refractivity contribution in [2.24, 2.45) is 0 Å². The van der Waals surface area contributed by atoms with Gasteiger partial charge in [0.15, 0.2) is 0 Å². The molecule has 0 aliphatic heterocycles. The maximum Gasteiger partial charge on any atom is 0.120 e. The fraction of sp³-hybridized carbons (Fsp3) is 0.250. The zero-order valence-electron chi connectivity index (χ0n) is 8.75. The first-order valence-electron chi connectivity index (χ1n) is 4.90. The molecule has 2 aromatic rings. The summed E-state index contributed by atoms with van der Waals surface area (Å²) in [5.41, 5.74) is 2.00. The maximum absolute atomic E-state index is 5.45. The zero-order valence-corrected chi connectivity index (χ0v) is 10.3. The Hall–Kier alpha value is -1.09. The Morgan fingerprint density at radius 3 is 2.87 bits per heavy atom. The number of hydrogen-bond donors (Lipinski definition) is 0. The number of aromatic nitrogens is 1. The van der Waals surface area contributed by atoms with Gasteiger partial charge in [0, 0.05) is 15.6 Å². The first-order chi connectivity index (χ1) is 7.20. The van der Waals surface area contributed by atoms with Crippen molar-refractivity contribution in [1.82, 2.24) is 4.98 Å². The number of nitrogens with zero attached hydrogens (tertiary/aromatic N) is 1. The lowest BCUT2D eigenvalue weighted by Gasteiger charge is -2.06. The van der Waals surface area contributed by atoms with Crippen molar-refractivity contribution in [1.29, 1.82) is 0 Å². The molecule has 0 fully saturated rings. The molecule has 0 aliphatic carbocycles. The quantitative estimate of drug-likeness (QED) is 0.826. The van der Waals surface area contributed by atoms with E-state index < -0.39 is 0 Å². The van der Waals surface area contributed by atoms with Crippen molar-refractivity contribution in [2.75, 3.05) is 6.61 Å². The van der Waals surface area contributed by atoms with Crippen LogP contribution in [0.2, 0.25) is 0 Å². The van der Waals surface area contributed by atoms with Gasteiger partial charge in [0.1, 0.15) is 5.75 Å². The topological polar surface area (TPSA) is 22.1 Å². The van der Waals surface area contributed by atoms with Crippen molar-refractivity contribution in [2.45, 2.75) is 13.8 Å². The Labute approximate surface area is 97.4 Å². The molecule has 0 unspecified atom stereocenters. The van der Waals surface area contributed by atoms with Gasteiger partial charge in [-0.05, 0) is 38.1 Å². The van der Waals surface area contributed by atoms with Crippen molar-refractivity contribution >= 4 is 26.8 Å². The highest BCUT2D eigenvalue weighted by molar-refractivity contribution is 9.10. The third kappa shape index (κ3) is 2.12. The minimum atomic E-state index is 0.683. The Bertz CT molecular complexity index is 496. The third-order valence-corrected chi connectivity index (χ3v) is 2.82. The van der Waals surface area contributed by atoms with Gasteiger partial charge in [0.25, 0.3) is 0 Å². The molecule has 0 atom stereocenters. The molecule has 2 rings (SSSR count). The normalized spacial score (nSPS) is 10.6. The van der Waals surface area contributed by atoms with Crippen LogP contribution in [0.25, 0.3) is 10.9 Å². The molecule has 2 nitrogen and oxygen atoms in total. The summed E-state index contributed by atoms with van der Waals surface area (Å²) in [5, 5.41) is 1.09. The van der Waals surface area contributed by atoms with Crippen molar-refractivity contribution in [3.63, 3.8) is 0 Å². The van der Waals surface area contributed by atoms with Gasteiger partial charge in [0.2, 0.25) is 0 Å². The molecule has 1 aromatic carbocycles. The predicted octanol–water partition coefficient (Wildman–Crippen LogP) is 3.70. The molecule has 0 N–H and O–H groups in total. The second-order valence-electron chi connectivity index (χ2n) is 3.36. The summed E-state index contributed by atoms with van der Waals surface area (Å²) in [6.07, 6.45) is 0. The molecule has 78 valence electrons. The summed E-state index contributed by atoms with van der Waals surface area (Å²) >= 11 is 3.54. The molecule has 0 aliphatic rings. The second-order valence-corrected chi connectivity index (χ2v) is 4.21. The van der Waals surface area contributed by atoms with E-state index in [2.05, 4.69) is 20.9 Å². The monoisotopic (exact) mass is 265 g/mol. The fourth-order valence-electron chi connectivity index (χ4n) is 1.54. The van der Waals surface area contributed by atoms with Crippen LogP contribution in [0.15, 0.2) is 28.7 Å². The van der Waals surface area contributed by atoms with Crippen LogP contribution in [0.4, 0.5) is 0 Å². The van der Waals surface area contributed by atoms with Crippen molar-refractivity contribution < 1.29 is 4.74 Å². The molecule has 0 saturated heterocycles. The number of pyridine rings is 1. The smallest absolute Gasteiger partial charge is 0.120 e. The summed E-state index contributed by atoms with van der Waals surface area (Å²) < 4.78 is 6.51.